The van der Waals surface area contributed by atoms with Crippen LogP contribution < -0.4 is 10.6 Å². The largest absolute Gasteiger partial charge is 0.452 e. The molecule has 0 saturated heterocycles. The molecule has 0 unspecified atom stereocenters. The molecule has 3 aromatic rings. The van der Waals surface area contributed by atoms with Crippen molar-refractivity contribution in [3.8, 4) is 0 Å². The van der Waals surface area contributed by atoms with Gasteiger partial charge >= 0.3 is 5.97 Å². The first-order valence-corrected chi connectivity index (χ1v) is 10.0. The maximum Gasteiger partial charge on any atom is 0.340 e. The topological polar surface area (TPSA) is 128 Å². The van der Waals surface area contributed by atoms with Gasteiger partial charge in [0.1, 0.15) is 0 Å². The van der Waals surface area contributed by atoms with Gasteiger partial charge in [0.25, 0.3) is 17.5 Å². The van der Waals surface area contributed by atoms with Crippen LogP contribution in [0, 0.1) is 17.0 Å². The van der Waals surface area contributed by atoms with Gasteiger partial charge in [0.15, 0.2) is 6.61 Å². The minimum absolute atomic E-state index is 0.0112. The summed E-state index contributed by atoms with van der Waals surface area (Å²) in [6, 6.07) is 16.6. The Morgan fingerprint density at radius 3 is 2.33 bits per heavy atom. The highest BCUT2D eigenvalue weighted by Gasteiger charge is 2.19. The van der Waals surface area contributed by atoms with E-state index in [1.165, 1.54) is 18.2 Å². The molecule has 2 amide bonds. The van der Waals surface area contributed by atoms with Crippen molar-refractivity contribution in [3.05, 3.63) is 98.6 Å². The maximum atomic E-state index is 12.6. The van der Waals surface area contributed by atoms with E-state index in [4.69, 9.17) is 16.3 Å². The van der Waals surface area contributed by atoms with Gasteiger partial charge in [0.2, 0.25) is 0 Å². The number of rotatable bonds is 7. The molecule has 168 valence electrons. The van der Waals surface area contributed by atoms with Gasteiger partial charge in [-0.05, 0) is 37.3 Å². The average Bonchev–Trinajstić information content (AvgIpc) is 2.79. The number of nitrogens with zero attached hydrogens (tertiary/aromatic N) is 1. The molecule has 3 aromatic carbocycles. The second-order valence-electron chi connectivity index (χ2n) is 6.91. The van der Waals surface area contributed by atoms with E-state index >= 15 is 0 Å². The lowest BCUT2D eigenvalue weighted by molar-refractivity contribution is -0.384. The van der Waals surface area contributed by atoms with Crippen LogP contribution in [0.15, 0.2) is 66.7 Å². The average molecular weight is 468 g/mol. The number of hydrogen-bond acceptors (Lipinski definition) is 6. The number of benzene rings is 3. The van der Waals surface area contributed by atoms with E-state index in [1.807, 2.05) is 19.1 Å². The molecule has 0 spiro atoms. The van der Waals surface area contributed by atoms with Gasteiger partial charge < -0.3 is 15.4 Å². The lowest BCUT2D eigenvalue weighted by Gasteiger charge is -2.12. The SMILES string of the molecule is Cc1ccc(NC(=O)COC(=O)c2ccccc2NC(=O)c2ccc([N+](=O)[O-])cc2Cl)cc1. The van der Waals surface area contributed by atoms with Crippen molar-refractivity contribution in [1.29, 1.82) is 0 Å². The van der Waals surface area contributed by atoms with E-state index in [9.17, 15) is 24.5 Å². The molecule has 2 N–H and O–H groups in total. The number of para-hydroxylation sites is 1. The molecule has 33 heavy (non-hydrogen) atoms. The summed E-state index contributed by atoms with van der Waals surface area (Å²) in [5.41, 5.74) is 1.47. The van der Waals surface area contributed by atoms with Crippen LogP contribution in [0.25, 0.3) is 0 Å². The van der Waals surface area contributed by atoms with E-state index in [2.05, 4.69) is 10.6 Å². The molecule has 0 aliphatic heterocycles. The van der Waals surface area contributed by atoms with E-state index in [0.717, 1.165) is 17.7 Å². The Morgan fingerprint density at radius 2 is 1.67 bits per heavy atom. The van der Waals surface area contributed by atoms with Crippen molar-refractivity contribution in [3.63, 3.8) is 0 Å². The molecule has 0 saturated carbocycles. The highest BCUT2D eigenvalue weighted by molar-refractivity contribution is 6.34. The van der Waals surface area contributed by atoms with Gasteiger partial charge in [-0.15, -0.1) is 0 Å². The summed E-state index contributed by atoms with van der Waals surface area (Å²) in [7, 11) is 0. The van der Waals surface area contributed by atoms with Crippen LogP contribution in [0.2, 0.25) is 5.02 Å². The standard InChI is InChI=1S/C23H18ClN3O6/c1-14-6-8-15(9-7-14)25-21(28)13-33-23(30)18-4-2-3-5-20(18)26-22(29)17-11-10-16(27(31)32)12-19(17)24/h2-12H,13H2,1H3,(H,25,28)(H,26,29). The molecule has 3 rings (SSSR count). The monoisotopic (exact) mass is 467 g/mol. The summed E-state index contributed by atoms with van der Waals surface area (Å²) >= 11 is 6.00. The molecule has 0 fully saturated rings. The zero-order chi connectivity index (χ0) is 24.0. The van der Waals surface area contributed by atoms with Crippen LogP contribution in [0.4, 0.5) is 17.1 Å². The third-order valence-electron chi connectivity index (χ3n) is 4.47. The van der Waals surface area contributed by atoms with Crippen molar-refractivity contribution >= 4 is 46.4 Å². The minimum atomic E-state index is -0.820. The number of esters is 1. The molecule has 0 aliphatic carbocycles. The van der Waals surface area contributed by atoms with Crippen LogP contribution in [-0.4, -0.2) is 29.3 Å². The number of carbonyl (C=O) groups is 3. The number of carbonyl (C=O) groups excluding carboxylic acids is 3. The van der Waals surface area contributed by atoms with Gasteiger partial charge in [0, 0.05) is 17.8 Å². The van der Waals surface area contributed by atoms with Crippen LogP contribution in [0.5, 0.6) is 0 Å². The summed E-state index contributed by atoms with van der Waals surface area (Å²) in [4.78, 5) is 47.4. The second-order valence-corrected chi connectivity index (χ2v) is 7.32. The van der Waals surface area contributed by atoms with Crippen LogP contribution in [0.1, 0.15) is 26.3 Å². The van der Waals surface area contributed by atoms with Gasteiger partial charge in [0.05, 0.1) is 26.8 Å². The lowest BCUT2D eigenvalue weighted by atomic mass is 10.1. The normalized spacial score (nSPS) is 10.2. The van der Waals surface area contributed by atoms with Crippen LogP contribution in [0.3, 0.4) is 0 Å². The highest BCUT2D eigenvalue weighted by atomic mass is 35.5. The Kier molecular flexibility index (Phi) is 7.37. The molecule has 0 radical (unpaired) electrons. The first-order chi connectivity index (χ1) is 15.7. The summed E-state index contributed by atoms with van der Waals surface area (Å²) in [5.74, 6) is -2.02. The fourth-order valence-corrected chi connectivity index (χ4v) is 3.06. The Morgan fingerprint density at radius 1 is 0.970 bits per heavy atom. The molecule has 9 nitrogen and oxygen atoms in total. The van der Waals surface area contributed by atoms with Gasteiger partial charge in [-0.3, -0.25) is 19.7 Å². The summed E-state index contributed by atoms with van der Waals surface area (Å²) in [6.07, 6.45) is 0. The fraction of sp³-hybridized carbons (Fsp3) is 0.0870. The van der Waals surface area contributed by atoms with E-state index in [0.29, 0.717) is 5.69 Å². The van der Waals surface area contributed by atoms with Gasteiger partial charge in [-0.1, -0.05) is 41.4 Å². The first-order valence-electron chi connectivity index (χ1n) is 9.62. The predicted octanol–water partition coefficient (Wildman–Crippen LogP) is 4.60. The molecule has 0 bridgehead atoms. The van der Waals surface area contributed by atoms with Crippen molar-refractivity contribution in [1.82, 2.24) is 0 Å². The van der Waals surface area contributed by atoms with E-state index < -0.39 is 29.3 Å². The highest BCUT2D eigenvalue weighted by Crippen LogP contribution is 2.24. The van der Waals surface area contributed by atoms with Crippen molar-refractivity contribution < 1.29 is 24.0 Å². The molecule has 0 aromatic heterocycles. The Bertz CT molecular complexity index is 1230. The van der Waals surface area contributed by atoms with Crippen LogP contribution >= 0.6 is 11.6 Å². The van der Waals surface area contributed by atoms with Crippen molar-refractivity contribution in [2.45, 2.75) is 6.92 Å². The quantitative estimate of drug-likeness (QED) is 0.297. The number of aryl methyl sites for hydroxylation is 1. The molecule has 0 aliphatic rings. The van der Waals surface area contributed by atoms with Gasteiger partial charge in [-0.25, -0.2) is 4.79 Å². The van der Waals surface area contributed by atoms with Crippen molar-refractivity contribution in [2.24, 2.45) is 0 Å². The number of hydrogen-bond donors (Lipinski definition) is 2. The fourth-order valence-electron chi connectivity index (χ4n) is 2.80. The third kappa shape index (κ3) is 6.14. The smallest absolute Gasteiger partial charge is 0.340 e. The maximum absolute atomic E-state index is 12.6. The third-order valence-corrected chi connectivity index (χ3v) is 4.79. The molecule has 10 heteroatoms. The lowest BCUT2D eigenvalue weighted by Crippen LogP contribution is -2.22. The molecule has 0 atom stereocenters. The Balaban J connectivity index is 1.66. The zero-order valence-corrected chi connectivity index (χ0v) is 18.1. The predicted molar refractivity (Wildman–Crippen MR) is 123 cm³/mol. The summed E-state index contributed by atoms with van der Waals surface area (Å²) < 4.78 is 5.08. The number of anilines is 2. The number of nitro benzene ring substituents is 1. The zero-order valence-electron chi connectivity index (χ0n) is 17.3. The number of non-ortho nitro benzene ring substituents is 1. The first kappa shape index (κ1) is 23.4. The number of nitro groups is 1. The second kappa shape index (κ2) is 10.4. The summed E-state index contributed by atoms with van der Waals surface area (Å²) in [6.45, 7) is 1.39. The number of amides is 2. The Hall–Kier alpha value is -4.24. The number of ether oxygens (including phenoxy) is 1. The van der Waals surface area contributed by atoms with E-state index in [1.54, 1.807) is 24.3 Å². The summed E-state index contributed by atoms with van der Waals surface area (Å²) in [5, 5.41) is 15.9. The van der Waals surface area contributed by atoms with Gasteiger partial charge in [-0.2, -0.15) is 0 Å². The van der Waals surface area contributed by atoms with Crippen molar-refractivity contribution in [2.75, 3.05) is 17.2 Å². The Labute approximate surface area is 193 Å². The molecular weight excluding hydrogens is 450 g/mol. The van der Waals surface area contributed by atoms with Crippen LogP contribution in [-0.2, 0) is 9.53 Å². The molecule has 0 heterocycles. The molecular formula is C23H18ClN3O6. The van der Waals surface area contributed by atoms with E-state index in [-0.39, 0.29) is 27.5 Å². The number of nitrogens with one attached hydrogen (secondary N) is 2. The minimum Gasteiger partial charge on any atom is -0.452 e. The number of halogens is 1.